The smallest absolute Gasteiger partial charge is 0.182 e. The third-order valence-electron chi connectivity index (χ3n) is 3.42. The van der Waals surface area contributed by atoms with Gasteiger partial charge in [-0.05, 0) is 52.9 Å². The fourth-order valence-electron chi connectivity index (χ4n) is 1.98. The molecule has 5 nitrogen and oxygen atoms in total. The van der Waals surface area contributed by atoms with Crippen molar-refractivity contribution in [3.63, 3.8) is 0 Å². The molecule has 0 aliphatic heterocycles. The van der Waals surface area contributed by atoms with Crippen LogP contribution in [0.2, 0.25) is 0 Å². The largest absolute Gasteiger partial charge is 0.399 e. The molecule has 2 rings (SSSR count). The van der Waals surface area contributed by atoms with Crippen molar-refractivity contribution in [2.24, 2.45) is 5.41 Å². The van der Waals surface area contributed by atoms with Gasteiger partial charge >= 0.3 is 0 Å². The van der Waals surface area contributed by atoms with Gasteiger partial charge in [0.2, 0.25) is 0 Å². The average Bonchev–Trinajstić information content (AvgIpc) is 2.75. The van der Waals surface area contributed by atoms with Gasteiger partial charge in [-0.15, -0.1) is 5.10 Å². The van der Waals surface area contributed by atoms with Gasteiger partial charge in [0.05, 0.1) is 6.54 Å². The lowest BCUT2D eigenvalue weighted by molar-refractivity contribution is 0.279. The van der Waals surface area contributed by atoms with E-state index in [0.29, 0.717) is 0 Å². The third-order valence-corrected chi connectivity index (χ3v) is 3.42. The van der Waals surface area contributed by atoms with Crippen molar-refractivity contribution in [3.8, 4) is 11.4 Å². The zero-order chi connectivity index (χ0) is 14.0. The number of nitrogen functional groups attached to an aromatic ring is 1. The maximum Gasteiger partial charge on any atom is 0.182 e. The van der Waals surface area contributed by atoms with Crippen molar-refractivity contribution >= 4 is 5.69 Å². The van der Waals surface area contributed by atoms with E-state index in [2.05, 4.69) is 42.4 Å². The van der Waals surface area contributed by atoms with Gasteiger partial charge in [0.1, 0.15) is 0 Å². The number of tetrazole rings is 1. The van der Waals surface area contributed by atoms with Crippen LogP contribution in [0.4, 0.5) is 5.69 Å². The first-order valence-corrected chi connectivity index (χ1v) is 6.55. The number of nitrogens with two attached hydrogens (primary N) is 1. The Bertz CT molecular complexity index is 551. The quantitative estimate of drug-likeness (QED) is 0.857. The van der Waals surface area contributed by atoms with Crippen LogP contribution >= 0.6 is 0 Å². The highest BCUT2D eigenvalue weighted by molar-refractivity contribution is 5.62. The zero-order valence-corrected chi connectivity index (χ0v) is 12.0. The molecule has 1 heterocycles. The van der Waals surface area contributed by atoms with Gasteiger partial charge in [-0.1, -0.05) is 20.8 Å². The highest BCUT2D eigenvalue weighted by atomic mass is 15.5. The van der Waals surface area contributed by atoms with Gasteiger partial charge in [0.25, 0.3) is 0 Å². The van der Waals surface area contributed by atoms with Crippen molar-refractivity contribution in [2.45, 2.75) is 40.7 Å². The van der Waals surface area contributed by atoms with E-state index in [4.69, 9.17) is 5.73 Å². The molecule has 0 saturated heterocycles. The Hall–Kier alpha value is -1.91. The summed E-state index contributed by atoms with van der Waals surface area (Å²) >= 11 is 0. The van der Waals surface area contributed by atoms with E-state index >= 15 is 0 Å². The van der Waals surface area contributed by atoms with Crippen LogP contribution in [0.5, 0.6) is 0 Å². The van der Waals surface area contributed by atoms with E-state index < -0.39 is 0 Å². The molecule has 5 heteroatoms. The average molecular weight is 259 g/mol. The number of aryl methyl sites for hydroxylation is 1. The Morgan fingerprint density at radius 3 is 2.63 bits per heavy atom. The fourth-order valence-corrected chi connectivity index (χ4v) is 1.98. The lowest BCUT2D eigenvalue weighted by Crippen LogP contribution is -2.20. The van der Waals surface area contributed by atoms with Gasteiger partial charge in [-0.25, -0.2) is 4.68 Å². The van der Waals surface area contributed by atoms with E-state index in [1.54, 1.807) is 0 Å². The first-order valence-electron chi connectivity index (χ1n) is 6.55. The molecule has 0 radical (unpaired) electrons. The minimum absolute atomic E-state index is 0.166. The molecule has 2 aromatic rings. The molecule has 19 heavy (non-hydrogen) atoms. The predicted octanol–water partition coefficient (Wildman–Crippen LogP) is 2.67. The number of benzene rings is 1. The summed E-state index contributed by atoms with van der Waals surface area (Å²) in [4.78, 5) is 0. The molecular weight excluding hydrogens is 238 g/mol. The maximum absolute atomic E-state index is 5.89. The summed E-state index contributed by atoms with van der Waals surface area (Å²) in [6, 6.07) is 5.90. The molecule has 1 aromatic carbocycles. The maximum atomic E-state index is 5.89. The number of rotatable bonds is 4. The minimum atomic E-state index is 0.166. The molecule has 102 valence electrons. The van der Waals surface area contributed by atoms with Gasteiger partial charge in [-0.2, -0.15) is 0 Å². The van der Waals surface area contributed by atoms with E-state index in [9.17, 15) is 0 Å². The van der Waals surface area contributed by atoms with Crippen molar-refractivity contribution in [3.05, 3.63) is 23.8 Å². The second-order valence-electron chi connectivity index (χ2n) is 5.81. The molecule has 0 fully saturated rings. The summed E-state index contributed by atoms with van der Waals surface area (Å²) in [6.45, 7) is 9.41. The van der Waals surface area contributed by atoms with E-state index in [-0.39, 0.29) is 5.41 Å². The van der Waals surface area contributed by atoms with Crippen LogP contribution in [-0.4, -0.2) is 20.2 Å². The Morgan fingerprint density at radius 2 is 2.00 bits per heavy atom. The fraction of sp³-hybridized carbons (Fsp3) is 0.500. The lowest BCUT2D eigenvalue weighted by Gasteiger charge is -2.22. The predicted molar refractivity (Wildman–Crippen MR) is 76.5 cm³/mol. The Morgan fingerprint density at radius 1 is 1.26 bits per heavy atom. The summed E-state index contributed by atoms with van der Waals surface area (Å²) in [5.41, 5.74) is 8.87. The molecule has 1 aromatic heterocycles. The lowest BCUT2D eigenvalue weighted by atomic mass is 9.90. The molecule has 0 bridgehead atoms. The standard InChI is InChI=1S/C14H21N5/c1-5-14(3,4)9-19-13(16-17-18-19)11-6-10(2)7-12(15)8-11/h6-8H,5,9,15H2,1-4H3. The monoisotopic (exact) mass is 259 g/mol. The summed E-state index contributed by atoms with van der Waals surface area (Å²) in [5.74, 6) is 0.775. The number of hydrogen-bond acceptors (Lipinski definition) is 4. The first-order chi connectivity index (χ1) is 8.91. The Labute approximate surface area is 113 Å². The van der Waals surface area contributed by atoms with Gasteiger partial charge in [-0.3, -0.25) is 0 Å². The van der Waals surface area contributed by atoms with E-state index in [0.717, 1.165) is 35.6 Å². The van der Waals surface area contributed by atoms with Crippen molar-refractivity contribution in [1.82, 2.24) is 20.2 Å². The van der Waals surface area contributed by atoms with Crippen LogP contribution in [0.25, 0.3) is 11.4 Å². The van der Waals surface area contributed by atoms with Crippen molar-refractivity contribution in [1.29, 1.82) is 0 Å². The Balaban J connectivity index is 2.39. The molecule has 0 saturated carbocycles. The molecule has 0 aliphatic rings. The summed E-state index contributed by atoms with van der Waals surface area (Å²) in [7, 11) is 0. The third kappa shape index (κ3) is 3.10. The van der Waals surface area contributed by atoms with Crippen molar-refractivity contribution < 1.29 is 0 Å². The SMILES string of the molecule is CCC(C)(C)Cn1nnnc1-c1cc(C)cc(N)c1. The van der Waals surface area contributed by atoms with E-state index in [1.807, 2.05) is 23.7 Å². The van der Waals surface area contributed by atoms with Gasteiger partial charge < -0.3 is 5.73 Å². The highest BCUT2D eigenvalue weighted by Gasteiger charge is 2.20. The number of anilines is 1. The zero-order valence-electron chi connectivity index (χ0n) is 12.0. The van der Waals surface area contributed by atoms with Crippen LogP contribution < -0.4 is 5.73 Å². The molecule has 0 unspecified atom stereocenters. The first kappa shape index (κ1) is 13.5. The molecule has 0 aliphatic carbocycles. The number of nitrogens with zero attached hydrogens (tertiary/aromatic N) is 4. The van der Waals surface area contributed by atoms with Crippen LogP contribution in [0.1, 0.15) is 32.8 Å². The van der Waals surface area contributed by atoms with Crippen LogP contribution in [0, 0.1) is 12.3 Å². The Kier molecular flexibility index (Phi) is 3.55. The van der Waals surface area contributed by atoms with Crippen LogP contribution in [-0.2, 0) is 6.54 Å². The van der Waals surface area contributed by atoms with Crippen LogP contribution in [0.15, 0.2) is 18.2 Å². The van der Waals surface area contributed by atoms with Gasteiger partial charge in [0.15, 0.2) is 5.82 Å². The van der Waals surface area contributed by atoms with Crippen molar-refractivity contribution in [2.75, 3.05) is 5.73 Å². The second kappa shape index (κ2) is 4.99. The topological polar surface area (TPSA) is 69.6 Å². The molecule has 0 spiro atoms. The second-order valence-corrected chi connectivity index (χ2v) is 5.81. The number of hydrogen-bond donors (Lipinski definition) is 1. The highest BCUT2D eigenvalue weighted by Crippen LogP contribution is 2.26. The normalized spacial score (nSPS) is 11.8. The molecule has 0 atom stereocenters. The summed E-state index contributed by atoms with van der Waals surface area (Å²) in [6.07, 6.45) is 1.07. The van der Waals surface area contributed by atoms with Crippen LogP contribution in [0.3, 0.4) is 0 Å². The molecular formula is C14H21N5. The summed E-state index contributed by atoms with van der Waals surface area (Å²) in [5, 5.41) is 12.0. The molecule has 2 N–H and O–H groups in total. The summed E-state index contributed by atoms with van der Waals surface area (Å²) < 4.78 is 1.86. The van der Waals surface area contributed by atoms with E-state index in [1.165, 1.54) is 0 Å². The number of aromatic nitrogens is 4. The minimum Gasteiger partial charge on any atom is -0.399 e. The molecule has 0 amide bonds. The van der Waals surface area contributed by atoms with Gasteiger partial charge in [0, 0.05) is 11.3 Å².